The Bertz CT molecular complexity index is 838. The number of ether oxygens (including phenoxy) is 2. The minimum absolute atomic E-state index is 0.114. The summed E-state index contributed by atoms with van der Waals surface area (Å²) in [5.74, 6) is -0.984. The molecule has 9 heteroatoms. The number of phosphoric acid groups is 1. The predicted molar refractivity (Wildman–Crippen MR) is 161 cm³/mol. The summed E-state index contributed by atoms with van der Waals surface area (Å²) in [6, 6.07) is 0. The van der Waals surface area contributed by atoms with E-state index in [1.54, 1.807) is 0 Å². The van der Waals surface area contributed by atoms with Crippen molar-refractivity contribution in [2.75, 3.05) is 13.2 Å². The van der Waals surface area contributed by atoms with Gasteiger partial charge in [0, 0.05) is 12.8 Å². The van der Waals surface area contributed by atoms with E-state index in [2.05, 4.69) is 24.4 Å². The maximum atomic E-state index is 12.2. The summed E-state index contributed by atoms with van der Waals surface area (Å²) < 4.78 is 26.0. The van der Waals surface area contributed by atoms with Crippen LogP contribution in [0.3, 0.4) is 0 Å². The molecule has 0 aliphatic heterocycles. The summed E-state index contributed by atoms with van der Waals surface area (Å²) in [4.78, 5) is 42.2. The highest BCUT2D eigenvalue weighted by atomic mass is 31.2. The van der Waals surface area contributed by atoms with Gasteiger partial charge in [0.2, 0.25) is 0 Å². The molecule has 2 N–H and O–H groups in total. The highest BCUT2D eigenvalue weighted by Gasteiger charge is 2.22. The number of allylic oxidation sites excluding steroid dienone is 10. The van der Waals surface area contributed by atoms with Gasteiger partial charge in [0.25, 0.3) is 0 Å². The van der Waals surface area contributed by atoms with E-state index in [4.69, 9.17) is 19.3 Å². The number of esters is 2. The number of hydrogen-bond acceptors (Lipinski definition) is 6. The summed E-state index contributed by atoms with van der Waals surface area (Å²) in [6.07, 6.45) is 31.1. The standard InChI is InChI=1S/C31H51O8P/c1-3-5-7-9-11-13-14-15-16-18-20-22-24-26-31(33)39-29(28-38-40(34,35)36)27-37-30(32)25-23-21-19-17-12-10-8-6-4-2/h5,7,9,11,13-16,18,20,29H,3-4,6,8,10,12,17,19,21-28H2,1-2H3,(H2,34,35,36)/b7-5+,11-9+,14-13+,16-15+,20-18+. The lowest BCUT2D eigenvalue weighted by molar-refractivity contribution is -0.161. The van der Waals surface area contributed by atoms with Crippen LogP contribution in [0.15, 0.2) is 60.8 Å². The molecule has 0 aromatic heterocycles. The van der Waals surface area contributed by atoms with Crippen molar-refractivity contribution in [3.63, 3.8) is 0 Å². The van der Waals surface area contributed by atoms with Crippen molar-refractivity contribution in [1.29, 1.82) is 0 Å². The second-order valence-electron chi connectivity index (χ2n) is 9.47. The number of rotatable bonds is 25. The first-order chi connectivity index (χ1) is 19.3. The van der Waals surface area contributed by atoms with Gasteiger partial charge in [0.05, 0.1) is 6.61 Å². The van der Waals surface area contributed by atoms with E-state index < -0.39 is 32.5 Å². The van der Waals surface area contributed by atoms with Gasteiger partial charge in [-0.3, -0.25) is 14.1 Å². The molecule has 0 aliphatic rings. The number of carbonyl (C=O) groups excluding carboxylic acids is 2. The minimum Gasteiger partial charge on any atom is -0.462 e. The first-order valence-corrected chi connectivity index (χ1v) is 16.2. The maximum Gasteiger partial charge on any atom is 0.469 e. The lowest BCUT2D eigenvalue weighted by Gasteiger charge is -2.18. The normalized spacial score (nSPS) is 13.4. The molecule has 1 atom stereocenters. The van der Waals surface area contributed by atoms with Crippen molar-refractivity contribution in [3.8, 4) is 0 Å². The van der Waals surface area contributed by atoms with Crippen molar-refractivity contribution < 1.29 is 37.9 Å². The third-order valence-corrected chi connectivity index (χ3v) is 6.16. The molecule has 0 aromatic carbocycles. The molecule has 0 radical (unpaired) electrons. The van der Waals surface area contributed by atoms with Crippen molar-refractivity contribution in [2.24, 2.45) is 0 Å². The average molecular weight is 583 g/mol. The molecule has 0 aliphatic carbocycles. The van der Waals surface area contributed by atoms with Crippen LogP contribution >= 0.6 is 7.82 Å². The number of unbranched alkanes of at least 4 members (excludes halogenated alkanes) is 9. The van der Waals surface area contributed by atoms with Crippen LogP contribution in [0.25, 0.3) is 0 Å². The first-order valence-electron chi connectivity index (χ1n) is 14.6. The van der Waals surface area contributed by atoms with Gasteiger partial charge in [-0.25, -0.2) is 4.57 Å². The second-order valence-corrected chi connectivity index (χ2v) is 10.7. The van der Waals surface area contributed by atoms with E-state index >= 15 is 0 Å². The van der Waals surface area contributed by atoms with Gasteiger partial charge in [-0.15, -0.1) is 0 Å². The maximum absolute atomic E-state index is 12.2. The summed E-state index contributed by atoms with van der Waals surface area (Å²) in [7, 11) is -4.76. The largest absolute Gasteiger partial charge is 0.469 e. The predicted octanol–water partition coefficient (Wildman–Crippen LogP) is 7.83. The first kappa shape index (κ1) is 37.8. The molecule has 0 fully saturated rings. The van der Waals surface area contributed by atoms with E-state index in [-0.39, 0.29) is 19.4 Å². The van der Waals surface area contributed by atoms with Crippen LogP contribution in [-0.4, -0.2) is 41.0 Å². The number of phosphoric ester groups is 1. The van der Waals surface area contributed by atoms with Crippen LogP contribution in [0.1, 0.15) is 104 Å². The zero-order valence-electron chi connectivity index (χ0n) is 24.5. The zero-order chi connectivity index (χ0) is 29.7. The summed E-state index contributed by atoms with van der Waals surface area (Å²) in [5.41, 5.74) is 0. The van der Waals surface area contributed by atoms with Gasteiger partial charge in [-0.2, -0.15) is 0 Å². The van der Waals surface area contributed by atoms with E-state index in [0.717, 1.165) is 25.7 Å². The Morgan fingerprint density at radius 1 is 0.675 bits per heavy atom. The molecule has 228 valence electrons. The molecule has 0 aromatic rings. The van der Waals surface area contributed by atoms with Gasteiger partial charge in [-0.05, 0) is 25.7 Å². The van der Waals surface area contributed by atoms with E-state index in [1.165, 1.54) is 32.1 Å². The highest BCUT2D eigenvalue weighted by Crippen LogP contribution is 2.35. The van der Waals surface area contributed by atoms with Crippen LogP contribution in [0.2, 0.25) is 0 Å². The van der Waals surface area contributed by atoms with Crippen LogP contribution < -0.4 is 0 Å². The van der Waals surface area contributed by atoms with Crippen molar-refractivity contribution in [1.82, 2.24) is 0 Å². The third kappa shape index (κ3) is 28.8. The Balaban J connectivity index is 4.26. The SMILES string of the molecule is CC/C=C/C=C/C=C/C=C/C=C/CCCC(=O)OC(COC(=O)CCCCCCCCCCC)COP(=O)(O)O. The molecule has 0 bridgehead atoms. The van der Waals surface area contributed by atoms with Crippen LogP contribution in [0, 0.1) is 0 Å². The van der Waals surface area contributed by atoms with Gasteiger partial charge < -0.3 is 19.3 Å². The summed E-state index contributed by atoms with van der Waals surface area (Å²) in [5, 5.41) is 0. The molecule has 0 rings (SSSR count). The van der Waals surface area contributed by atoms with Gasteiger partial charge in [-0.1, -0.05) is 126 Å². The quantitative estimate of drug-likeness (QED) is 0.0484. The summed E-state index contributed by atoms with van der Waals surface area (Å²) in [6.45, 7) is 3.40. The molecular weight excluding hydrogens is 531 g/mol. The summed E-state index contributed by atoms with van der Waals surface area (Å²) >= 11 is 0. The smallest absolute Gasteiger partial charge is 0.462 e. The third-order valence-electron chi connectivity index (χ3n) is 5.68. The van der Waals surface area contributed by atoms with E-state index in [0.29, 0.717) is 19.3 Å². The monoisotopic (exact) mass is 582 g/mol. The fourth-order valence-corrected chi connectivity index (χ4v) is 3.88. The van der Waals surface area contributed by atoms with E-state index in [1.807, 2.05) is 54.7 Å². The van der Waals surface area contributed by atoms with Crippen molar-refractivity contribution in [3.05, 3.63) is 60.8 Å². The van der Waals surface area contributed by atoms with Crippen molar-refractivity contribution >= 4 is 19.8 Å². The molecule has 0 spiro atoms. The van der Waals surface area contributed by atoms with Gasteiger partial charge >= 0.3 is 19.8 Å². The Morgan fingerprint density at radius 3 is 1.77 bits per heavy atom. The van der Waals surface area contributed by atoms with E-state index in [9.17, 15) is 14.2 Å². The second kappa shape index (κ2) is 26.9. The molecule has 0 heterocycles. The van der Waals surface area contributed by atoms with Crippen LogP contribution in [-0.2, 0) is 28.2 Å². The van der Waals surface area contributed by atoms with Crippen LogP contribution in [0.5, 0.6) is 0 Å². The Hall–Kier alpha value is -2.25. The van der Waals surface area contributed by atoms with Gasteiger partial charge in [0.15, 0.2) is 6.10 Å². The molecule has 0 amide bonds. The highest BCUT2D eigenvalue weighted by molar-refractivity contribution is 7.46. The van der Waals surface area contributed by atoms with Crippen LogP contribution in [0.4, 0.5) is 0 Å². The molecule has 0 saturated heterocycles. The van der Waals surface area contributed by atoms with Crippen molar-refractivity contribution in [2.45, 2.75) is 110 Å². The fourth-order valence-electron chi connectivity index (χ4n) is 3.52. The Kier molecular flexibility index (Phi) is 25.4. The molecular formula is C31H51O8P. The fraction of sp³-hybridized carbons (Fsp3) is 0.613. The lowest BCUT2D eigenvalue weighted by atomic mass is 10.1. The number of carbonyl (C=O) groups is 2. The zero-order valence-corrected chi connectivity index (χ0v) is 25.4. The Morgan fingerprint density at radius 2 is 1.20 bits per heavy atom. The molecule has 0 saturated carbocycles. The molecule has 40 heavy (non-hydrogen) atoms. The molecule has 8 nitrogen and oxygen atoms in total. The van der Waals surface area contributed by atoms with Gasteiger partial charge in [0.1, 0.15) is 6.61 Å². The Labute approximate surface area is 241 Å². The molecule has 1 unspecified atom stereocenters. The number of hydrogen-bond donors (Lipinski definition) is 2. The topological polar surface area (TPSA) is 119 Å². The average Bonchev–Trinajstić information content (AvgIpc) is 2.91. The minimum atomic E-state index is -4.76. The lowest BCUT2D eigenvalue weighted by Crippen LogP contribution is -2.29.